The van der Waals surface area contributed by atoms with Crippen molar-refractivity contribution in [3.63, 3.8) is 0 Å². The lowest BCUT2D eigenvalue weighted by Gasteiger charge is -2.50. The molecule has 1 fully saturated rings. The van der Waals surface area contributed by atoms with Crippen LogP contribution in [0, 0.1) is 0 Å². The van der Waals surface area contributed by atoms with Crippen molar-refractivity contribution in [2.45, 2.75) is 43.6 Å². The summed E-state index contributed by atoms with van der Waals surface area (Å²) >= 11 is 0. The second-order valence-corrected chi connectivity index (χ2v) is 6.33. The Labute approximate surface area is 120 Å². The van der Waals surface area contributed by atoms with E-state index in [9.17, 15) is 5.11 Å². The Morgan fingerprint density at radius 3 is 1.85 bits per heavy atom. The highest BCUT2D eigenvalue weighted by molar-refractivity contribution is 5.58. The maximum Gasteiger partial charge on any atom is 0.0621 e. The van der Waals surface area contributed by atoms with Crippen molar-refractivity contribution in [1.82, 2.24) is 0 Å². The van der Waals surface area contributed by atoms with E-state index in [0.29, 0.717) is 0 Å². The highest BCUT2D eigenvalue weighted by Gasteiger charge is 2.47. The largest absolute Gasteiger partial charge is 0.392 e. The smallest absolute Gasteiger partial charge is 0.0621 e. The van der Waals surface area contributed by atoms with Crippen LogP contribution >= 0.6 is 0 Å². The van der Waals surface area contributed by atoms with Crippen LogP contribution in [0.4, 0.5) is 0 Å². The molecule has 102 valence electrons. The Hall–Kier alpha value is -1.60. The van der Waals surface area contributed by atoms with Crippen LogP contribution in [0.2, 0.25) is 0 Å². The van der Waals surface area contributed by atoms with E-state index in [2.05, 4.69) is 48.5 Å². The monoisotopic (exact) mass is 264 g/mol. The molecule has 20 heavy (non-hydrogen) atoms. The van der Waals surface area contributed by atoms with Crippen molar-refractivity contribution in [3.8, 4) is 0 Å². The van der Waals surface area contributed by atoms with E-state index in [0.717, 1.165) is 0 Å². The summed E-state index contributed by atoms with van der Waals surface area (Å²) in [5.41, 5.74) is 5.80. The second-order valence-electron chi connectivity index (χ2n) is 6.33. The lowest BCUT2D eigenvalue weighted by molar-refractivity contribution is 0.168. The first-order valence-corrected chi connectivity index (χ1v) is 7.61. The SMILES string of the molecule is CC(O)C1c2ccccc2C2(CCC2)c2ccccc21. The van der Waals surface area contributed by atoms with Crippen LogP contribution in [0.5, 0.6) is 0 Å². The topological polar surface area (TPSA) is 20.2 Å². The Morgan fingerprint density at radius 2 is 1.45 bits per heavy atom. The normalized spacial score (nSPS) is 20.9. The summed E-state index contributed by atoms with van der Waals surface area (Å²) < 4.78 is 0. The van der Waals surface area contributed by atoms with E-state index >= 15 is 0 Å². The van der Waals surface area contributed by atoms with Gasteiger partial charge in [0.25, 0.3) is 0 Å². The molecule has 0 amide bonds. The quantitative estimate of drug-likeness (QED) is 0.826. The molecular weight excluding hydrogens is 244 g/mol. The van der Waals surface area contributed by atoms with E-state index in [-0.39, 0.29) is 17.4 Å². The maximum absolute atomic E-state index is 10.3. The van der Waals surface area contributed by atoms with Gasteiger partial charge in [0.15, 0.2) is 0 Å². The fourth-order valence-electron chi connectivity index (χ4n) is 4.31. The molecule has 1 unspecified atom stereocenters. The summed E-state index contributed by atoms with van der Waals surface area (Å²) in [5, 5.41) is 10.3. The van der Waals surface area contributed by atoms with E-state index in [1.54, 1.807) is 0 Å². The lowest BCUT2D eigenvalue weighted by Crippen LogP contribution is -2.42. The van der Waals surface area contributed by atoms with Gasteiger partial charge in [0, 0.05) is 11.3 Å². The molecular formula is C19H20O. The first-order valence-electron chi connectivity index (χ1n) is 7.61. The first-order chi connectivity index (χ1) is 9.74. The van der Waals surface area contributed by atoms with E-state index in [4.69, 9.17) is 0 Å². The predicted molar refractivity (Wildman–Crippen MR) is 81.0 cm³/mol. The third-order valence-corrected chi connectivity index (χ3v) is 5.31. The van der Waals surface area contributed by atoms with Crippen molar-refractivity contribution in [1.29, 1.82) is 0 Å². The Bertz CT molecular complexity index is 603. The standard InChI is InChI=1S/C19H20O/c1-13(20)18-14-7-2-4-9-16(14)19(11-6-12-19)17-10-5-3-8-15(17)18/h2-5,7-10,13,18,20H,6,11-12H2,1H3. The predicted octanol–water partition coefficient (Wildman–Crippen LogP) is 3.98. The van der Waals surface area contributed by atoms with Gasteiger partial charge in [-0.05, 0) is 42.0 Å². The minimum absolute atomic E-state index is 0.119. The molecule has 2 aromatic rings. The molecule has 0 saturated heterocycles. The van der Waals surface area contributed by atoms with Gasteiger partial charge in [-0.25, -0.2) is 0 Å². The summed E-state index contributed by atoms with van der Waals surface area (Å²) in [7, 11) is 0. The zero-order valence-electron chi connectivity index (χ0n) is 11.8. The molecule has 0 heterocycles. The molecule has 1 spiro atoms. The summed E-state index contributed by atoms with van der Waals surface area (Å²) in [4.78, 5) is 0. The Balaban J connectivity index is 2.03. The third kappa shape index (κ3) is 1.42. The fourth-order valence-corrected chi connectivity index (χ4v) is 4.31. The number of hydrogen-bond donors (Lipinski definition) is 1. The molecule has 1 N–H and O–H groups in total. The molecule has 2 aliphatic rings. The van der Waals surface area contributed by atoms with Crippen molar-refractivity contribution in [3.05, 3.63) is 70.8 Å². The highest BCUT2D eigenvalue weighted by atomic mass is 16.3. The molecule has 0 aliphatic heterocycles. The van der Waals surface area contributed by atoms with Crippen molar-refractivity contribution in [2.75, 3.05) is 0 Å². The zero-order valence-corrected chi connectivity index (χ0v) is 11.8. The lowest BCUT2D eigenvalue weighted by atomic mass is 9.54. The summed E-state index contributed by atoms with van der Waals surface area (Å²) in [6.45, 7) is 1.91. The average Bonchev–Trinajstić information content (AvgIpc) is 2.42. The molecule has 1 atom stereocenters. The first kappa shape index (κ1) is 12.2. The van der Waals surface area contributed by atoms with Crippen molar-refractivity contribution < 1.29 is 5.11 Å². The van der Waals surface area contributed by atoms with Gasteiger partial charge in [-0.3, -0.25) is 0 Å². The number of fused-ring (bicyclic) bond motifs is 4. The molecule has 4 rings (SSSR count). The summed E-state index contributed by atoms with van der Waals surface area (Å²) in [6, 6.07) is 17.5. The van der Waals surface area contributed by atoms with Crippen LogP contribution in [-0.4, -0.2) is 11.2 Å². The van der Waals surface area contributed by atoms with Gasteiger partial charge in [-0.15, -0.1) is 0 Å². The van der Waals surface area contributed by atoms with Gasteiger partial charge in [-0.2, -0.15) is 0 Å². The third-order valence-electron chi connectivity index (χ3n) is 5.31. The van der Waals surface area contributed by atoms with Crippen molar-refractivity contribution >= 4 is 0 Å². The van der Waals surface area contributed by atoms with Gasteiger partial charge in [0.2, 0.25) is 0 Å². The molecule has 0 radical (unpaired) electrons. The molecule has 2 aliphatic carbocycles. The second kappa shape index (κ2) is 4.20. The fraction of sp³-hybridized carbons (Fsp3) is 0.368. The van der Waals surface area contributed by atoms with Gasteiger partial charge in [-0.1, -0.05) is 55.0 Å². The summed E-state index contributed by atoms with van der Waals surface area (Å²) in [6.07, 6.45) is 3.44. The van der Waals surface area contributed by atoms with Crippen LogP contribution in [0.15, 0.2) is 48.5 Å². The van der Waals surface area contributed by atoms with Crippen LogP contribution in [0.25, 0.3) is 0 Å². The van der Waals surface area contributed by atoms with Gasteiger partial charge in [0.05, 0.1) is 6.10 Å². The maximum atomic E-state index is 10.3. The number of aliphatic hydroxyl groups excluding tert-OH is 1. The van der Waals surface area contributed by atoms with E-state index in [1.165, 1.54) is 41.5 Å². The molecule has 1 saturated carbocycles. The number of benzene rings is 2. The zero-order chi connectivity index (χ0) is 13.7. The number of aliphatic hydroxyl groups is 1. The number of rotatable bonds is 1. The van der Waals surface area contributed by atoms with Gasteiger partial charge >= 0.3 is 0 Å². The molecule has 1 heteroatoms. The van der Waals surface area contributed by atoms with Crippen LogP contribution < -0.4 is 0 Å². The van der Waals surface area contributed by atoms with Crippen LogP contribution in [-0.2, 0) is 5.41 Å². The highest BCUT2D eigenvalue weighted by Crippen LogP contribution is 2.56. The average molecular weight is 264 g/mol. The summed E-state index contributed by atoms with van der Waals surface area (Å²) in [5.74, 6) is 0.119. The van der Waals surface area contributed by atoms with Crippen molar-refractivity contribution in [2.24, 2.45) is 0 Å². The van der Waals surface area contributed by atoms with Gasteiger partial charge in [0.1, 0.15) is 0 Å². The molecule has 0 bridgehead atoms. The van der Waals surface area contributed by atoms with E-state index < -0.39 is 0 Å². The molecule has 1 nitrogen and oxygen atoms in total. The van der Waals surface area contributed by atoms with E-state index in [1.807, 2.05) is 6.92 Å². The van der Waals surface area contributed by atoms with Crippen LogP contribution in [0.3, 0.4) is 0 Å². The Kier molecular flexibility index (Phi) is 2.55. The van der Waals surface area contributed by atoms with Crippen LogP contribution in [0.1, 0.15) is 54.4 Å². The Morgan fingerprint density at radius 1 is 0.950 bits per heavy atom. The molecule has 0 aromatic heterocycles. The minimum atomic E-state index is -0.352. The minimum Gasteiger partial charge on any atom is -0.392 e. The molecule has 2 aromatic carbocycles. The number of hydrogen-bond acceptors (Lipinski definition) is 1. The van der Waals surface area contributed by atoms with Gasteiger partial charge < -0.3 is 5.11 Å².